The summed E-state index contributed by atoms with van der Waals surface area (Å²) in [6.07, 6.45) is 3.27. The van der Waals surface area contributed by atoms with Crippen LogP contribution < -0.4 is 4.57 Å². The Labute approximate surface area is 179 Å². The lowest BCUT2D eigenvalue weighted by Gasteiger charge is -2.11. The second kappa shape index (κ2) is 7.82. The maximum Gasteiger partial charge on any atom is 0.309 e. The highest BCUT2D eigenvalue weighted by Crippen LogP contribution is 2.24. The molecule has 0 amide bonds. The smallest absolute Gasteiger partial charge is 0.287 e. The van der Waals surface area contributed by atoms with Crippen LogP contribution in [0.4, 0.5) is 0 Å². The number of hydrogen-bond acceptors (Lipinski definition) is 2. The molecule has 0 spiro atoms. The lowest BCUT2D eigenvalue weighted by molar-refractivity contribution is -0.693. The molecule has 4 nitrogen and oxygen atoms in total. The zero-order chi connectivity index (χ0) is 21.6. The van der Waals surface area contributed by atoms with Crippen molar-refractivity contribution in [2.24, 2.45) is 0 Å². The molecular formula is C26H32N3O+. The van der Waals surface area contributed by atoms with E-state index in [1.807, 2.05) is 4.68 Å². The number of aromatic nitrogens is 3. The topological polar surface area (TPSA) is 38.8 Å². The summed E-state index contributed by atoms with van der Waals surface area (Å²) < 4.78 is 4.08. The minimum Gasteiger partial charge on any atom is -0.287 e. The molecule has 0 unspecified atom stereocenters. The Balaban J connectivity index is 1.72. The summed E-state index contributed by atoms with van der Waals surface area (Å²) in [5.41, 5.74) is 9.73. The van der Waals surface area contributed by atoms with Gasteiger partial charge in [0.15, 0.2) is 0 Å². The second-order valence-corrected chi connectivity index (χ2v) is 8.95. The van der Waals surface area contributed by atoms with Gasteiger partial charge in [-0.3, -0.25) is 4.79 Å². The lowest BCUT2D eigenvalue weighted by atomic mass is 9.95. The van der Waals surface area contributed by atoms with Crippen LogP contribution in [0.3, 0.4) is 0 Å². The van der Waals surface area contributed by atoms with Crippen LogP contribution >= 0.6 is 0 Å². The summed E-state index contributed by atoms with van der Waals surface area (Å²) in [5, 5.41) is 4.89. The zero-order valence-corrected chi connectivity index (χ0v) is 19.1. The molecule has 4 heteroatoms. The van der Waals surface area contributed by atoms with Crippen LogP contribution in [0.15, 0.2) is 24.3 Å². The van der Waals surface area contributed by atoms with E-state index in [1.165, 1.54) is 27.8 Å². The van der Waals surface area contributed by atoms with Crippen molar-refractivity contribution in [1.29, 1.82) is 0 Å². The number of benzene rings is 2. The van der Waals surface area contributed by atoms with Crippen molar-refractivity contribution >= 4 is 5.78 Å². The van der Waals surface area contributed by atoms with Crippen molar-refractivity contribution in [3.05, 3.63) is 74.9 Å². The van der Waals surface area contributed by atoms with Crippen molar-refractivity contribution in [3.8, 4) is 5.69 Å². The van der Waals surface area contributed by atoms with Crippen molar-refractivity contribution < 1.29 is 9.36 Å². The van der Waals surface area contributed by atoms with E-state index in [0.717, 1.165) is 54.3 Å². The van der Waals surface area contributed by atoms with Gasteiger partial charge in [0.1, 0.15) is 5.69 Å². The van der Waals surface area contributed by atoms with Crippen molar-refractivity contribution in [2.45, 2.75) is 73.8 Å². The van der Waals surface area contributed by atoms with Gasteiger partial charge in [0.2, 0.25) is 5.78 Å². The zero-order valence-electron chi connectivity index (χ0n) is 19.1. The van der Waals surface area contributed by atoms with E-state index in [0.29, 0.717) is 6.42 Å². The Morgan fingerprint density at radius 2 is 1.50 bits per heavy atom. The fourth-order valence-corrected chi connectivity index (χ4v) is 5.15. The van der Waals surface area contributed by atoms with E-state index in [4.69, 9.17) is 5.10 Å². The minimum atomic E-state index is 0.175. The number of carbonyl (C=O) groups is 1. The predicted octanol–water partition coefficient (Wildman–Crippen LogP) is 4.77. The number of fused-ring (bicyclic) bond motifs is 1. The number of ketones is 1. The molecule has 3 aromatic rings. The lowest BCUT2D eigenvalue weighted by Crippen LogP contribution is -2.39. The number of hydrogen-bond donors (Lipinski definition) is 0. The Kier molecular flexibility index (Phi) is 5.35. The second-order valence-electron chi connectivity index (χ2n) is 8.95. The van der Waals surface area contributed by atoms with Crippen LogP contribution in [0.1, 0.15) is 68.2 Å². The van der Waals surface area contributed by atoms with Gasteiger partial charge in [0.25, 0.3) is 5.82 Å². The monoisotopic (exact) mass is 402 g/mol. The highest BCUT2D eigenvalue weighted by atomic mass is 16.1. The normalized spacial score (nSPS) is 13.0. The summed E-state index contributed by atoms with van der Waals surface area (Å²) in [5.74, 6) is 1.94. The molecular weight excluding hydrogens is 370 g/mol. The number of rotatable bonds is 5. The van der Waals surface area contributed by atoms with Gasteiger partial charge in [-0.25, -0.2) is 4.57 Å². The average Bonchev–Trinajstić information content (AvgIpc) is 3.20. The number of nitrogens with zero attached hydrogens (tertiary/aromatic N) is 3. The molecule has 1 aromatic heterocycles. The van der Waals surface area contributed by atoms with Gasteiger partial charge in [-0.1, -0.05) is 40.1 Å². The van der Waals surface area contributed by atoms with Gasteiger partial charge in [-0.05, 0) is 82.2 Å². The summed E-state index contributed by atoms with van der Waals surface area (Å²) in [4.78, 5) is 13.5. The highest BCUT2D eigenvalue weighted by molar-refractivity contribution is 5.92. The maximum absolute atomic E-state index is 13.5. The van der Waals surface area contributed by atoms with Gasteiger partial charge in [0, 0.05) is 17.9 Å². The molecule has 0 N–H and O–H groups in total. The SMILES string of the molecule is Cc1cc(C)c(CCC(=O)c2n(-c3c(C)cc(C)cc3C)nc3[n+]2CCC3)c(C)c1. The van der Waals surface area contributed by atoms with E-state index in [1.54, 1.807) is 0 Å². The van der Waals surface area contributed by atoms with Crippen molar-refractivity contribution in [3.63, 3.8) is 0 Å². The van der Waals surface area contributed by atoms with Crippen LogP contribution in [-0.4, -0.2) is 15.6 Å². The standard InChI is InChI=1S/C26H32N3O/c1-16-12-18(3)22(19(4)13-16)9-10-23(30)26-28-11-7-8-24(28)27-29(26)25-20(5)14-17(2)15-21(25)6/h12-15H,7-11H2,1-6H3/q+1. The quantitative estimate of drug-likeness (QED) is 0.455. The molecule has 2 heterocycles. The Bertz CT molecular complexity index is 1110. The minimum absolute atomic E-state index is 0.175. The average molecular weight is 403 g/mol. The van der Waals surface area contributed by atoms with E-state index in [-0.39, 0.29) is 5.78 Å². The molecule has 30 heavy (non-hydrogen) atoms. The van der Waals surface area contributed by atoms with E-state index < -0.39 is 0 Å². The molecule has 1 aliphatic rings. The Morgan fingerprint density at radius 3 is 2.10 bits per heavy atom. The third-order valence-electron chi connectivity index (χ3n) is 6.30. The molecule has 0 aliphatic carbocycles. The summed E-state index contributed by atoms with van der Waals surface area (Å²) in [6, 6.07) is 8.77. The summed E-state index contributed by atoms with van der Waals surface area (Å²) >= 11 is 0. The fourth-order valence-electron chi connectivity index (χ4n) is 5.15. The molecule has 2 aromatic carbocycles. The molecule has 0 fully saturated rings. The maximum atomic E-state index is 13.5. The molecule has 0 radical (unpaired) electrons. The van der Waals surface area contributed by atoms with E-state index in [2.05, 4.69) is 70.4 Å². The van der Waals surface area contributed by atoms with Gasteiger partial charge in [-0.2, -0.15) is 0 Å². The molecule has 4 rings (SSSR count). The van der Waals surface area contributed by atoms with E-state index >= 15 is 0 Å². The van der Waals surface area contributed by atoms with Gasteiger partial charge >= 0.3 is 5.82 Å². The van der Waals surface area contributed by atoms with Gasteiger partial charge in [-0.15, -0.1) is 0 Å². The van der Waals surface area contributed by atoms with Crippen LogP contribution in [0.25, 0.3) is 5.69 Å². The number of Topliss-reactive ketones (excluding diaryl/α,β-unsaturated/α-hetero) is 1. The van der Waals surface area contributed by atoms with Gasteiger partial charge in [0.05, 0.1) is 6.54 Å². The van der Waals surface area contributed by atoms with E-state index in [9.17, 15) is 4.79 Å². The molecule has 0 saturated carbocycles. The van der Waals surface area contributed by atoms with Gasteiger partial charge < -0.3 is 0 Å². The molecule has 156 valence electrons. The van der Waals surface area contributed by atoms with Crippen molar-refractivity contribution in [1.82, 2.24) is 9.78 Å². The summed E-state index contributed by atoms with van der Waals surface area (Å²) in [7, 11) is 0. The Hall–Kier alpha value is -2.75. The van der Waals surface area contributed by atoms with Crippen LogP contribution in [-0.2, 0) is 19.4 Å². The van der Waals surface area contributed by atoms with Crippen LogP contribution in [0.2, 0.25) is 0 Å². The third-order valence-corrected chi connectivity index (χ3v) is 6.30. The molecule has 0 saturated heterocycles. The number of carbonyl (C=O) groups excluding carboxylic acids is 1. The highest BCUT2D eigenvalue weighted by Gasteiger charge is 2.35. The first-order chi connectivity index (χ1) is 14.3. The molecule has 1 aliphatic heterocycles. The predicted molar refractivity (Wildman–Crippen MR) is 120 cm³/mol. The van der Waals surface area contributed by atoms with Crippen LogP contribution in [0.5, 0.6) is 0 Å². The third kappa shape index (κ3) is 3.60. The van der Waals surface area contributed by atoms with Crippen molar-refractivity contribution in [2.75, 3.05) is 0 Å². The first-order valence-electron chi connectivity index (χ1n) is 11.0. The Morgan fingerprint density at radius 1 is 0.933 bits per heavy atom. The molecule has 0 atom stereocenters. The molecule has 0 bridgehead atoms. The first kappa shape index (κ1) is 20.5. The summed E-state index contributed by atoms with van der Waals surface area (Å²) in [6.45, 7) is 13.6. The van der Waals surface area contributed by atoms with Crippen LogP contribution in [0, 0.1) is 41.5 Å². The first-order valence-corrected chi connectivity index (χ1v) is 11.0. The largest absolute Gasteiger partial charge is 0.309 e. The number of aryl methyl sites for hydroxylation is 7. The fraction of sp³-hybridized carbons (Fsp3) is 0.423.